The number of nitrogens with zero attached hydrogens (tertiary/aromatic N) is 3. The van der Waals surface area contributed by atoms with Gasteiger partial charge in [-0.05, 0) is 74.9 Å². The Morgan fingerprint density at radius 1 is 1.00 bits per heavy atom. The first kappa shape index (κ1) is 25.5. The number of hydrogen-bond acceptors (Lipinski definition) is 4. The molecule has 5 rings (SSSR count). The minimum atomic E-state index is -0.224. The summed E-state index contributed by atoms with van der Waals surface area (Å²) in [4.78, 5) is 30.8. The zero-order valence-corrected chi connectivity index (χ0v) is 21.7. The lowest BCUT2D eigenvalue weighted by atomic mass is 9.77. The van der Waals surface area contributed by atoms with Gasteiger partial charge in [0, 0.05) is 25.6 Å². The van der Waals surface area contributed by atoms with Gasteiger partial charge >= 0.3 is 0 Å². The molecule has 1 atom stereocenters. The lowest BCUT2D eigenvalue weighted by Crippen LogP contribution is -2.45. The highest BCUT2D eigenvalue weighted by Crippen LogP contribution is 2.42. The summed E-state index contributed by atoms with van der Waals surface area (Å²) in [6.07, 6.45) is 7.96. The van der Waals surface area contributed by atoms with Crippen molar-refractivity contribution in [3.63, 3.8) is 0 Å². The van der Waals surface area contributed by atoms with E-state index >= 15 is 0 Å². The standard InChI is InChI=1S/C31H38N4O2/c32-22-24-10-12-25(13-11-24)23-35-21-17-31(30(35)37)15-19-34(20-16-31)18-14-28(26-6-2-1-3-7-26)33-29(36)27-8-4-5-9-27/h1-3,6-7,10-13,27-28H,4-5,8-9,14-21,23H2,(H,33,36). The van der Waals surface area contributed by atoms with Crippen LogP contribution in [0.5, 0.6) is 0 Å². The van der Waals surface area contributed by atoms with Gasteiger partial charge in [0.15, 0.2) is 0 Å². The predicted molar refractivity (Wildman–Crippen MR) is 143 cm³/mol. The summed E-state index contributed by atoms with van der Waals surface area (Å²) >= 11 is 0. The quantitative estimate of drug-likeness (QED) is 0.567. The fourth-order valence-corrected chi connectivity index (χ4v) is 6.41. The average molecular weight is 499 g/mol. The Kier molecular flexibility index (Phi) is 7.90. The second-order valence-electron chi connectivity index (χ2n) is 11.1. The third-order valence-electron chi connectivity index (χ3n) is 8.85. The molecule has 0 aromatic heterocycles. The monoisotopic (exact) mass is 498 g/mol. The van der Waals surface area contributed by atoms with Crippen molar-refractivity contribution < 1.29 is 9.59 Å². The minimum absolute atomic E-state index is 0.0289. The molecule has 0 radical (unpaired) electrons. The lowest BCUT2D eigenvalue weighted by molar-refractivity contribution is -0.139. The van der Waals surface area contributed by atoms with Crippen LogP contribution in [0.15, 0.2) is 54.6 Å². The fourth-order valence-electron chi connectivity index (χ4n) is 6.41. The van der Waals surface area contributed by atoms with Crippen LogP contribution in [0.4, 0.5) is 0 Å². The van der Waals surface area contributed by atoms with Gasteiger partial charge in [0.25, 0.3) is 0 Å². The summed E-state index contributed by atoms with van der Waals surface area (Å²) in [6, 6.07) is 20.1. The topological polar surface area (TPSA) is 76.4 Å². The normalized spacial score (nSPS) is 20.7. The lowest BCUT2D eigenvalue weighted by Gasteiger charge is -2.38. The number of benzene rings is 2. The minimum Gasteiger partial charge on any atom is -0.349 e. The van der Waals surface area contributed by atoms with Crippen LogP contribution < -0.4 is 5.32 Å². The van der Waals surface area contributed by atoms with Crippen LogP contribution in [0.3, 0.4) is 0 Å². The number of carbonyl (C=O) groups is 2. The predicted octanol–water partition coefficient (Wildman–Crippen LogP) is 4.81. The fraction of sp³-hybridized carbons (Fsp3) is 0.516. The summed E-state index contributed by atoms with van der Waals surface area (Å²) in [6.45, 7) is 4.20. The summed E-state index contributed by atoms with van der Waals surface area (Å²) in [5.41, 5.74) is 2.67. The van der Waals surface area contributed by atoms with E-state index in [9.17, 15) is 9.59 Å². The van der Waals surface area contributed by atoms with Crippen molar-refractivity contribution >= 4 is 11.8 Å². The van der Waals surface area contributed by atoms with E-state index in [0.29, 0.717) is 18.0 Å². The SMILES string of the molecule is N#Cc1ccc(CN2CCC3(CCN(CCC(NC(=O)C4CCCC4)c4ccccc4)CC3)C2=O)cc1. The van der Waals surface area contributed by atoms with Crippen LogP contribution in [0.2, 0.25) is 0 Å². The molecule has 3 fully saturated rings. The van der Waals surface area contributed by atoms with E-state index in [1.165, 1.54) is 5.56 Å². The van der Waals surface area contributed by atoms with E-state index < -0.39 is 0 Å². The van der Waals surface area contributed by atoms with E-state index in [1.807, 2.05) is 47.4 Å². The summed E-state index contributed by atoms with van der Waals surface area (Å²) < 4.78 is 0. The van der Waals surface area contributed by atoms with Crippen LogP contribution in [-0.4, -0.2) is 47.8 Å². The maximum Gasteiger partial charge on any atom is 0.229 e. The van der Waals surface area contributed by atoms with Crippen LogP contribution in [0.1, 0.15) is 74.1 Å². The summed E-state index contributed by atoms with van der Waals surface area (Å²) in [7, 11) is 0. The van der Waals surface area contributed by atoms with Gasteiger partial charge in [-0.1, -0.05) is 55.3 Å². The molecule has 2 aliphatic heterocycles. The average Bonchev–Trinajstić information content (AvgIpc) is 3.58. The highest BCUT2D eigenvalue weighted by molar-refractivity contribution is 5.85. The second kappa shape index (κ2) is 11.5. The van der Waals surface area contributed by atoms with E-state index in [0.717, 1.165) is 83.1 Å². The number of hydrogen-bond donors (Lipinski definition) is 1. The molecular formula is C31H38N4O2. The molecule has 194 valence electrons. The van der Waals surface area contributed by atoms with Crippen molar-refractivity contribution in [3.05, 3.63) is 71.3 Å². The summed E-state index contributed by atoms with van der Waals surface area (Å²) in [5.74, 6) is 0.673. The van der Waals surface area contributed by atoms with Gasteiger partial charge in [0.1, 0.15) is 0 Å². The summed E-state index contributed by atoms with van der Waals surface area (Å²) in [5, 5.41) is 12.4. The number of carbonyl (C=O) groups excluding carboxylic acids is 2. The van der Waals surface area contributed by atoms with Crippen molar-refractivity contribution in [1.29, 1.82) is 5.26 Å². The van der Waals surface area contributed by atoms with Crippen LogP contribution in [-0.2, 0) is 16.1 Å². The first-order valence-corrected chi connectivity index (χ1v) is 13.9. The Balaban J connectivity index is 1.14. The number of amides is 2. The number of rotatable bonds is 8. The van der Waals surface area contributed by atoms with E-state index in [-0.39, 0.29) is 23.3 Å². The molecule has 2 amide bonds. The van der Waals surface area contributed by atoms with Gasteiger partial charge in [-0.3, -0.25) is 9.59 Å². The maximum atomic E-state index is 13.4. The van der Waals surface area contributed by atoms with Crippen molar-refractivity contribution in [2.45, 2.75) is 64.0 Å². The molecule has 37 heavy (non-hydrogen) atoms. The molecule has 2 aromatic carbocycles. The molecule has 3 aliphatic rings. The van der Waals surface area contributed by atoms with Crippen LogP contribution in [0, 0.1) is 22.7 Å². The van der Waals surface area contributed by atoms with Crippen molar-refractivity contribution in [1.82, 2.24) is 15.1 Å². The highest BCUT2D eigenvalue weighted by Gasteiger charge is 2.47. The van der Waals surface area contributed by atoms with Gasteiger partial charge in [0.05, 0.1) is 23.1 Å². The zero-order valence-electron chi connectivity index (χ0n) is 21.7. The van der Waals surface area contributed by atoms with E-state index in [1.54, 1.807) is 0 Å². The van der Waals surface area contributed by atoms with Crippen molar-refractivity contribution in [2.24, 2.45) is 11.3 Å². The van der Waals surface area contributed by atoms with Crippen molar-refractivity contribution in [2.75, 3.05) is 26.2 Å². The molecule has 0 bridgehead atoms. The molecule has 1 spiro atoms. The Hall–Kier alpha value is -3.17. The molecule has 1 unspecified atom stereocenters. The van der Waals surface area contributed by atoms with E-state index in [4.69, 9.17) is 5.26 Å². The Labute approximate surface area is 220 Å². The second-order valence-corrected chi connectivity index (χ2v) is 11.1. The first-order valence-electron chi connectivity index (χ1n) is 13.9. The Morgan fingerprint density at radius 3 is 2.35 bits per heavy atom. The van der Waals surface area contributed by atoms with Gasteiger partial charge < -0.3 is 15.1 Å². The molecule has 2 saturated heterocycles. The third-order valence-corrected chi connectivity index (χ3v) is 8.85. The molecule has 2 aromatic rings. The van der Waals surface area contributed by atoms with Crippen LogP contribution >= 0.6 is 0 Å². The van der Waals surface area contributed by atoms with Crippen molar-refractivity contribution in [3.8, 4) is 6.07 Å². The van der Waals surface area contributed by atoms with Gasteiger partial charge in [-0.15, -0.1) is 0 Å². The number of likely N-dealkylation sites (tertiary alicyclic amines) is 2. The molecule has 1 saturated carbocycles. The van der Waals surface area contributed by atoms with Gasteiger partial charge in [0.2, 0.25) is 11.8 Å². The van der Waals surface area contributed by atoms with Gasteiger partial charge in [-0.2, -0.15) is 5.26 Å². The molecule has 6 heteroatoms. The smallest absolute Gasteiger partial charge is 0.229 e. The molecule has 6 nitrogen and oxygen atoms in total. The van der Waals surface area contributed by atoms with Gasteiger partial charge in [-0.25, -0.2) is 0 Å². The largest absolute Gasteiger partial charge is 0.349 e. The molecule has 1 aliphatic carbocycles. The number of nitrogens with one attached hydrogen (secondary N) is 1. The zero-order chi connectivity index (χ0) is 25.7. The number of nitriles is 1. The molecule has 1 N–H and O–H groups in total. The molecular weight excluding hydrogens is 460 g/mol. The first-order chi connectivity index (χ1) is 18.1. The third kappa shape index (κ3) is 5.88. The molecule has 2 heterocycles. The Bertz CT molecular complexity index is 1110. The van der Waals surface area contributed by atoms with Crippen LogP contribution in [0.25, 0.3) is 0 Å². The maximum absolute atomic E-state index is 13.4. The number of piperidine rings is 1. The van der Waals surface area contributed by atoms with E-state index in [2.05, 4.69) is 28.4 Å². The highest BCUT2D eigenvalue weighted by atomic mass is 16.2. The Morgan fingerprint density at radius 2 is 1.68 bits per heavy atom.